The van der Waals surface area contributed by atoms with Crippen LogP contribution in [0.2, 0.25) is 0 Å². The third-order valence-electron chi connectivity index (χ3n) is 4.91. The van der Waals surface area contributed by atoms with Crippen LogP contribution in [0.1, 0.15) is 27.0 Å². The Morgan fingerprint density at radius 2 is 1.44 bits per heavy atom. The van der Waals surface area contributed by atoms with Gasteiger partial charge in [-0.05, 0) is 62.2 Å². The Kier molecular flexibility index (Phi) is 3.93. The molecule has 3 aromatic carbocycles. The van der Waals surface area contributed by atoms with Gasteiger partial charge in [0.1, 0.15) is 6.29 Å². The molecule has 1 aliphatic rings. The molecule has 0 radical (unpaired) electrons. The molecule has 136 valence electrons. The average Bonchev–Trinajstić information content (AvgIpc) is 2.63. The first kappa shape index (κ1) is 17.5. The number of fused-ring (bicyclic) bond motifs is 2. The average molecular weight is 377 g/mol. The van der Waals surface area contributed by atoms with Gasteiger partial charge in [0.2, 0.25) is 9.84 Å². The molecule has 0 atom stereocenters. The lowest BCUT2D eigenvalue weighted by atomic mass is 10.0. The zero-order chi connectivity index (χ0) is 19.3. The van der Waals surface area contributed by atoms with Gasteiger partial charge in [-0.1, -0.05) is 29.8 Å². The van der Waals surface area contributed by atoms with Gasteiger partial charge in [0.25, 0.3) is 0 Å². The standard InChI is InChI=1S/C22H19NO3S/c1-14-10-15(2)22(16(3)11-14)23-18-6-4-5-7-20(18)27(25,26)21-12-17(13-24)8-9-19(21)23/h4-13H,1-3H3. The van der Waals surface area contributed by atoms with Crippen LogP contribution < -0.4 is 4.90 Å². The van der Waals surface area contributed by atoms with Crippen LogP contribution in [-0.4, -0.2) is 14.7 Å². The van der Waals surface area contributed by atoms with Gasteiger partial charge < -0.3 is 4.90 Å². The second-order valence-corrected chi connectivity index (χ2v) is 8.79. The van der Waals surface area contributed by atoms with E-state index in [0.29, 0.717) is 23.2 Å². The first-order chi connectivity index (χ1) is 12.8. The molecular weight excluding hydrogens is 358 g/mol. The highest BCUT2D eigenvalue weighted by molar-refractivity contribution is 7.92. The number of anilines is 3. The van der Waals surface area contributed by atoms with Gasteiger partial charge in [-0.2, -0.15) is 0 Å². The first-order valence-corrected chi connectivity index (χ1v) is 10.1. The summed E-state index contributed by atoms with van der Waals surface area (Å²) >= 11 is 0. The van der Waals surface area contributed by atoms with Gasteiger partial charge in [0.05, 0.1) is 26.9 Å². The fourth-order valence-electron chi connectivity index (χ4n) is 3.89. The van der Waals surface area contributed by atoms with Crippen molar-refractivity contribution in [1.29, 1.82) is 0 Å². The summed E-state index contributed by atoms with van der Waals surface area (Å²) in [7, 11) is -3.71. The van der Waals surface area contributed by atoms with Gasteiger partial charge in [0.15, 0.2) is 0 Å². The highest BCUT2D eigenvalue weighted by Crippen LogP contribution is 2.49. The molecule has 0 amide bonds. The van der Waals surface area contributed by atoms with Crippen LogP contribution in [0.15, 0.2) is 64.4 Å². The zero-order valence-corrected chi connectivity index (χ0v) is 16.2. The Labute approximate surface area is 159 Å². The molecule has 3 aromatic rings. The van der Waals surface area contributed by atoms with Crippen molar-refractivity contribution in [3.8, 4) is 0 Å². The van der Waals surface area contributed by atoms with Crippen molar-refractivity contribution in [3.63, 3.8) is 0 Å². The van der Waals surface area contributed by atoms with Gasteiger partial charge in [-0.3, -0.25) is 4.79 Å². The monoisotopic (exact) mass is 377 g/mol. The number of hydrogen-bond acceptors (Lipinski definition) is 4. The summed E-state index contributed by atoms with van der Waals surface area (Å²) in [6.07, 6.45) is 0.670. The predicted octanol–water partition coefficient (Wildman–Crippen LogP) is 5.04. The number of aryl methyl sites for hydroxylation is 3. The number of benzene rings is 3. The van der Waals surface area contributed by atoms with Gasteiger partial charge in [-0.15, -0.1) is 0 Å². The van der Waals surface area contributed by atoms with E-state index in [1.807, 2.05) is 37.8 Å². The molecule has 5 heteroatoms. The maximum absolute atomic E-state index is 13.2. The number of carbonyl (C=O) groups excluding carboxylic acids is 1. The number of sulfone groups is 1. The molecule has 0 N–H and O–H groups in total. The van der Waals surface area contributed by atoms with Gasteiger partial charge in [0, 0.05) is 5.56 Å². The molecule has 4 rings (SSSR count). The van der Waals surface area contributed by atoms with Crippen LogP contribution in [0, 0.1) is 20.8 Å². The van der Waals surface area contributed by atoms with E-state index in [1.54, 1.807) is 24.3 Å². The molecule has 0 aliphatic carbocycles. The number of para-hydroxylation sites is 1. The van der Waals surface area contributed by atoms with E-state index in [4.69, 9.17) is 0 Å². The summed E-state index contributed by atoms with van der Waals surface area (Å²) in [5.41, 5.74) is 5.77. The minimum atomic E-state index is -3.71. The van der Waals surface area contributed by atoms with Crippen LogP contribution >= 0.6 is 0 Å². The van der Waals surface area contributed by atoms with Crippen molar-refractivity contribution < 1.29 is 13.2 Å². The predicted molar refractivity (Wildman–Crippen MR) is 106 cm³/mol. The van der Waals surface area contributed by atoms with Crippen molar-refractivity contribution in [2.24, 2.45) is 0 Å². The number of carbonyl (C=O) groups is 1. The molecule has 0 saturated heterocycles. The number of aldehydes is 1. The SMILES string of the molecule is Cc1cc(C)c(N2c3ccccc3S(=O)(=O)c3cc(C=O)ccc32)c(C)c1. The first-order valence-electron chi connectivity index (χ1n) is 8.66. The molecule has 0 unspecified atom stereocenters. The Balaban J connectivity index is 2.13. The summed E-state index contributed by atoms with van der Waals surface area (Å²) in [6, 6.07) is 16.0. The Morgan fingerprint density at radius 1 is 0.815 bits per heavy atom. The van der Waals surface area contributed by atoms with E-state index in [2.05, 4.69) is 12.1 Å². The van der Waals surface area contributed by atoms with Crippen molar-refractivity contribution >= 4 is 33.2 Å². The third kappa shape index (κ3) is 2.58. The molecule has 0 bridgehead atoms. The summed E-state index contributed by atoms with van der Waals surface area (Å²) in [6.45, 7) is 6.10. The van der Waals surface area contributed by atoms with Crippen LogP contribution in [0.5, 0.6) is 0 Å². The van der Waals surface area contributed by atoms with E-state index in [9.17, 15) is 13.2 Å². The number of nitrogens with zero attached hydrogens (tertiary/aromatic N) is 1. The molecule has 27 heavy (non-hydrogen) atoms. The number of rotatable bonds is 2. The smallest absolute Gasteiger partial charge is 0.210 e. The highest BCUT2D eigenvalue weighted by atomic mass is 32.2. The van der Waals surface area contributed by atoms with Crippen LogP contribution in [0.3, 0.4) is 0 Å². The number of hydrogen-bond donors (Lipinski definition) is 0. The fourth-order valence-corrected chi connectivity index (χ4v) is 5.54. The molecular formula is C22H19NO3S. The minimum Gasteiger partial charge on any atom is -0.307 e. The van der Waals surface area contributed by atoms with Gasteiger partial charge >= 0.3 is 0 Å². The summed E-state index contributed by atoms with van der Waals surface area (Å²) < 4.78 is 26.4. The molecule has 0 fully saturated rings. The van der Waals surface area contributed by atoms with E-state index in [0.717, 1.165) is 22.4 Å². The second-order valence-electron chi connectivity index (χ2n) is 6.90. The molecule has 0 spiro atoms. The van der Waals surface area contributed by atoms with Crippen LogP contribution in [0.25, 0.3) is 0 Å². The summed E-state index contributed by atoms with van der Waals surface area (Å²) in [5, 5.41) is 0. The topological polar surface area (TPSA) is 54.5 Å². The zero-order valence-electron chi connectivity index (χ0n) is 15.4. The lowest BCUT2D eigenvalue weighted by Gasteiger charge is -2.35. The minimum absolute atomic E-state index is 0.158. The van der Waals surface area contributed by atoms with E-state index in [-0.39, 0.29) is 9.79 Å². The Hall–Kier alpha value is -2.92. The third-order valence-corrected chi connectivity index (χ3v) is 6.74. The quantitative estimate of drug-likeness (QED) is 0.459. The van der Waals surface area contributed by atoms with Crippen molar-refractivity contribution in [3.05, 3.63) is 76.9 Å². The second kappa shape index (κ2) is 6.06. The summed E-state index contributed by atoms with van der Waals surface area (Å²) in [5.74, 6) is 0. The van der Waals surface area contributed by atoms with E-state index < -0.39 is 9.84 Å². The maximum atomic E-state index is 13.2. The molecule has 0 saturated carbocycles. The van der Waals surface area contributed by atoms with Crippen LogP contribution in [0.4, 0.5) is 17.1 Å². The normalized spacial score (nSPS) is 14.4. The lowest BCUT2D eigenvalue weighted by molar-refractivity contribution is 0.112. The van der Waals surface area contributed by atoms with Crippen molar-refractivity contribution in [1.82, 2.24) is 0 Å². The maximum Gasteiger partial charge on any atom is 0.210 e. The Bertz CT molecular complexity index is 1170. The molecule has 1 heterocycles. The molecule has 1 aliphatic heterocycles. The fraction of sp³-hybridized carbons (Fsp3) is 0.136. The largest absolute Gasteiger partial charge is 0.307 e. The van der Waals surface area contributed by atoms with Crippen molar-refractivity contribution in [2.45, 2.75) is 30.6 Å². The summed E-state index contributed by atoms with van der Waals surface area (Å²) in [4.78, 5) is 13.6. The van der Waals surface area contributed by atoms with E-state index in [1.165, 1.54) is 6.07 Å². The Morgan fingerprint density at radius 3 is 2.11 bits per heavy atom. The van der Waals surface area contributed by atoms with Crippen LogP contribution in [-0.2, 0) is 9.84 Å². The highest BCUT2D eigenvalue weighted by Gasteiger charge is 2.35. The van der Waals surface area contributed by atoms with Crippen molar-refractivity contribution in [2.75, 3.05) is 4.90 Å². The molecule has 4 nitrogen and oxygen atoms in total. The molecule has 0 aromatic heterocycles. The van der Waals surface area contributed by atoms with Gasteiger partial charge in [-0.25, -0.2) is 8.42 Å². The van der Waals surface area contributed by atoms with E-state index >= 15 is 0 Å². The lowest BCUT2D eigenvalue weighted by Crippen LogP contribution is -2.23.